The van der Waals surface area contributed by atoms with Gasteiger partial charge in [0.15, 0.2) is 11.3 Å². The lowest BCUT2D eigenvalue weighted by atomic mass is 9.92. The number of ether oxygens (including phenoxy) is 1. The number of rotatable bonds is 6. The van der Waals surface area contributed by atoms with E-state index >= 15 is 4.39 Å². The first-order valence-electron chi connectivity index (χ1n) is 13.8. The average molecular weight is 546 g/mol. The Morgan fingerprint density at radius 1 is 1.02 bits per heavy atom. The number of hydrogen-bond donors (Lipinski definition) is 0. The van der Waals surface area contributed by atoms with E-state index in [1.807, 2.05) is 10.9 Å². The first-order chi connectivity index (χ1) is 19.4. The highest BCUT2D eigenvalue weighted by Crippen LogP contribution is 2.43. The van der Waals surface area contributed by atoms with E-state index in [0.717, 1.165) is 37.3 Å². The van der Waals surface area contributed by atoms with Gasteiger partial charge < -0.3 is 9.64 Å². The Kier molecular flexibility index (Phi) is 6.06. The second-order valence-corrected chi connectivity index (χ2v) is 11.2. The van der Waals surface area contributed by atoms with E-state index in [-0.39, 0.29) is 46.3 Å². The van der Waals surface area contributed by atoms with Gasteiger partial charge in [-0.25, -0.2) is 28.7 Å². The lowest BCUT2D eigenvalue weighted by Gasteiger charge is -2.28. The fraction of sp³-hybridized carbons (Fsp3) is 0.448. The highest BCUT2D eigenvalue weighted by molar-refractivity contribution is 5.97. The Morgan fingerprint density at radius 3 is 2.58 bits per heavy atom. The van der Waals surface area contributed by atoms with Crippen LogP contribution in [-0.4, -0.2) is 61.2 Å². The molecular weight excluding hydrogens is 516 g/mol. The molecule has 0 spiro atoms. The number of amides is 1. The predicted molar refractivity (Wildman–Crippen MR) is 142 cm³/mol. The van der Waals surface area contributed by atoms with Crippen LogP contribution in [0.2, 0.25) is 0 Å². The first-order valence-corrected chi connectivity index (χ1v) is 13.8. The highest BCUT2D eigenvalue weighted by Gasteiger charge is 2.34. The molecule has 1 saturated heterocycles. The number of aromatic nitrogens is 6. The van der Waals surface area contributed by atoms with E-state index in [0.29, 0.717) is 42.7 Å². The number of fused-ring (bicyclic) bond motifs is 1. The van der Waals surface area contributed by atoms with Crippen LogP contribution in [0.4, 0.5) is 8.78 Å². The van der Waals surface area contributed by atoms with Gasteiger partial charge >= 0.3 is 0 Å². The quantitative estimate of drug-likeness (QED) is 0.332. The van der Waals surface area contributed by atoms with E-state index in [4.69, 9.17) is 24.7 Å². The van der Waals surface area contributed by atoms with Crippen molar-refractivity contribution in [2.24, 2.45) is 0 Å². The number of carbonyl (C=O) groups is 1. The molecule has 9 nitrogen and oxygen atoms in total. The molecule has 1 aromatic carbocycles. The molecule has 40 heavy (non-hydrogen) atoms. The zero-order chi connectivity index (χ0) is 27.5. The molecule has 4 aromatic rings. The van der Waals surface area contributed by atoms with Gasteiger partial charge in [0, 0.05) is 55.9 Å². The van der Waals surface area contributed by atoms with Crippen molar-refractivity contribution in [1.29, 1.82) is 0 Å². The van der Waals surface area contributed by atoms with Crippen LogP contribution in [-0.2, 0) is 4.74 Å². The summed E-state index contributed by atoms with van der Waals surface area (Å²) in [5.74, 6) is -1.18. The molecular formula is C29H29F2N7O2. The maximum atomic E-state index is 15.1. The van der Waals surface area contributed by atoms with Gasteiger partial charge in [-0.05, 0) is 50.7 Å². The number of hydrogen-bond acceptors (Lipinski definition) is 7. The van der Waals surface area contributed by atoms with Gasteiger partial charge in [0.05, 0.1) is 24.0 Å². The van der Waals surface area contributed by atoms with Crippen molar-refractivity contribution in [3.05, 3.63) is 65.0 Å². The van der Waals surface area contributed by atoms with Crippen LogP contribution in [0.25, 0.3) is 22.4 Å². The second-order valence-electron chi connectivity index (χ2n) is 11.2. The third kappa shape index (κ3) is 4.61. The lowest BCUT2D eigenvalue weighted by molar-refractivity contribution is 0.00396. The Labute approximate surface area is 229 Å². The molecule has 11 heteroatoms. The van der Waals surface area contributed by atoms with Gasteiger partial charge in [-0.3, -0.25) is 9.48 Å². The molecule has 7 rings (SSSR count). The van der Waals surface area contributed by atoms with Crippen LogP contribution in [0, 0.1) is 11.6 Å². The topological polar surface area (TPSA) is 98.9 Å². The summed E-state index contributed by atoms with van der Waals surface area (Å²) in [5.41, 5.74) is 2.66. The molecule has 2 aliphatic carbocycles. The molecule has 0 unspecified atom stereocenters. The molecule has 3 fully saturated rings. The summed E-state index contributed by atoms with van der Waals surface area (Å²) in [7, 11) is 3.31. The minimum Gasteiger partial charge on any atom is -0.373 e. The van der Waals surface area contributed by atoms with Crippen LogP contribution >= 0.6 is 0 Å². The highest BCUT2D eigenvalue weighted by atomic mass is 19.1. The fourth-order valence-electron chi connectivity index (χ4n) is 5.36. The SMILES string of the molecule is CN(C)C(=O)c1nc2c(-c3ccc(F)cc3F)nc([C@@H]3CCO[C@@H](c4cnn(C5CC5)c4)C3)nc2nc1C1CC1. The van der Waals surface area contributed by atoms with Crippen LogP contribution in [0.3, 0.4) is 0 Å². The van der Waals surface area contributed by atoms with Crippen LogP contribution in [0.15, 0.2) is 30.6 Å². The maximum absolute atomic E-state index is 15.1. The van der Waals surface area contributed by atoms with Gasteiger partial charge in [0.1, 0.15) is 28.7 Å². The largest absolute Gasteiger partial charge is 0.373 e. The van der Waals surface area contributed by atoms with Gasteiger partial charge in [-0.15, -0.1) is 0 Å². The summed E-state index contributed by atoms with van der Waals surface area (Å²) in [5, 5.41) is 4.51. The summed E-state index contributed by atoms with van der Waals surface area (Å²) in [6, 6.07) is 3.84. The Balaban J connectivity index is 1.34. The molecule has 1 amide bonds. The summed E-state index contributed by atoms with van der Waals surface area (Å²) in [6.45, 7) is 0.515. The average Bonchev–Trinajstić information content (AvgIpc) is 3.90. The third-order valence-corrected chi connectivity index (χ3v) is 7.90. The molecule has 4 heterocycles. The van der Waals surface area contributed by atoms with Crippen LogP contribution in [0.1, 0.15) is 90.1 Å². The van der Waals surface area contributed by atoms with E-state index in [9.17, 15) is 9.18 Å². The minimum atomic E-state index is -0.767. The molecule has 0 radical (unpaired) electrons. The van der Waals surface area contributed by atoms with E-state index in [1.165, 1.54) is 17.0 Å². The van der Waals surface area contributed by atoms with Crippen LogP contribution in [0.5, 0.6) is 0 Å². The molecule has 1 aliphatic heterocycles. The minimum absolute atomic E-state index is 0.0797. The number of carbonyl (C=O) groups excluding carboxylic acids is 1. The maximum Gasteiger partial charge on any atom is 0.273 e. The smallest absolute Gasteiger partial charge is 0.273 e. The number of halogens is 2. The van der Waals surface area contributed by atoms with E-state index < -0.39 is 11.6 Å². The van der Waals surface area contributed by atoms with Gasteiger partial charge in [0.25, 0.3) is 5.91 Å². The Bertz CT molecular complexity index is 1630. The zero-order valence-electron chi connectivity index (χ0n) is 22.3. The van der Waals surface area contributed by atoms with Crippen molar-refractivity contribution in [2.45, 2.75) is 62.5 Å². The fourth-order valence-corrected chi connectivity index (χ4v) is 5.36. The van der Waals surface area contributed by atoms with Crippen molar-refractivity contribution in [3.8, 4) is 11.3 Å². The lowest BCUT2D eigenvalue weighted by Crippen LogP contribution is -2.25. The summed E-state index contributed by atoms with van der Waals surface area (Å²) < 4.78 is 37.1. The van der Waals surface area contributed by atoms with Crippen molar-refractivity contribution >= 4 is 17.1 Å². The molecule has 2 atom stereocenters. The van der Waals surface area contributed by atoms with Crippen molar-refractivity contribution < 1.29 is 18.3 Å². The third-order valence-electron chi connectivity index (χ3n) is 7.90. The molecule has 206 valence electrons. The molecule has 0 N–H and O–H groups in total. The summed E-state index contributed by atoms with van der Waals surface area (Å²) in [4.78, 5) is 33.7. The van der Waals surface area contributed by atoms with E-state index in [1.54, 1.807) is 14.1 Å². The normalized spacial score (nSPS) is 21.1. The zero-order valence-corrected chi connectivity index (χ0v) is 22.3. The summed E-state index contributed by atoms with van der Waals surface area (Å²) in [6.07, 6.45) is 9.21. The van der Waals surface area contributed by atoms with E-state index in [2.05, 4.69) is 11.3 Å². The second kappa shape index (κ2) is 9.65. The molecule has 3 aliphatic rings. The molecule has 2 saturated carbocycles. The molecule has 3 aromatic heterocycles. The first kappa shape index (κ1) is 25.1. The van der Waals surface area contributed by atoms with Crippen LogP contribution < -0.4 is 0 Å². The monoisotopic (exact) mass is 545 g/mol. The van der Waals surface area contributed by atoms with Crippen molar-refractivity contribution in [2.75, 3.05) is 20.7 Å². The van der Waals surface area contributed by atoms with Crippen molar-refractivity contribution in [3.63, 3.8) is 0 Å². The number of nitrogens with zero attached hydrogens (tertiary/aromatic N) is 7. The Morgan fingerprint density at radius 2 is 1.85 bits per heavy atom. The van der Waals surface area contributed by atoms with Crippen molar-refractivity contribution in [1.82, 2.24) is 34.6 Å². The molecule has 0 bridgehead atoms. The predicted octanol–water partition coefficient (Wildman–Crippen LogP) is 5.11. The summed E-state index contributed by atoms with van der Waals surface area (Å²) >= 11 is 0. The van der Waals surface area contributed by atoms with Gasteiger partial charge in [-0.1, -0.05) is 0 Å². The standard InChI is InChI=1S/C29H29F2N7O2/c1-37(2)29(39)26-23(15-3-4-15)34-28-25(33-26)24(20-8-5-18(30)12-21(20)31)35-27(36-28)16-9-10-40-22(11-16)17-13-32-38(14-17)19-6-7-19/h5,8,12-16,19,22H,3-4,6-7,9-11H2,1-2H3/t16-,22-/m1/s1. The number of benzene rings is 1. The Hall–Kier alpha value is -3.86. The van der Waals surface area contributed by atoms with Gasteiger partial charge in [-0.2, -0.15) is 5.10 Å². The van der Waals surface area contributed by atoms with Gasteiger partial charge in [0.2, 0.25) is 0 Å².